The Labute approximate surface area is 101 Å². The molecule has 3 nitrogen and oxygen atoms in total. The molecule has 1 aliphatic carbocycles. The maximum atomic E-state index is 5.89. The number of rotatable bonds is 3. The number of nitrogens with one attached hydrogen (secondary N) is 2. The Bertz CT molecular complexity index is 511. The Morgan fingerprint density at radius 3 is 2.82 bits per heavy atom. The molecular formula is C14H19N3. The zero-order valence-corrected chi connectivity index (χ0v) is 10.1. The molecule has 0 spiro atoms. The van der Waals surface area contributed by atoms with Crippen molar-refractivity contribution in [3.63, 3.8) is 0 Å². The minimum absolute atomic E-state index is 0.404. The summed E-state index contributed by atoms with van der Waals surface area (Å²) in [7, 11) is 2.04. The summed E-state index contributed by atoms with van der Waals surface area (Å²) in [5, 5.41) is 4.77. The molecular weight excluding hydrogens is 210 g/mol. The number of benzene rings is 1. The third-order valence-electron chi connectivity index (χ3n) is 3.95. The van der Waals surface area contributed by atoms with Crippen LogP contribution in [0.3, 0.4) is 0 Å². The first-order valence-electron chi connectivity index (χ1n) is 6.28. The van der Waals surface area contributed by atoms with Gasteiger partial charge < -0.3 is 16.0 Å². The average molecular weight is 229 g/mol. The molecule has 3 heteroatoms. The van der Waals surface area contributed by atoms with Crippen molar-refractivity contribution in [1.29, 1.82) is 0 Å². The van der Waals surface area contributed by atoms with Crippen molar-refractivity contribution in [2.75, 3.05) is 7.05 Å². The topological polar surface area (TPSA) is 53.8 Å². The van der Waals surface area contributed by atoms with Crippen molar-refractivity contribution < 1.29 is 0 Å². The molecule has 1 aromatic carbocycles. The number of hydrogen-bond acceptors (Lipinski definition) is 2. The van der Waals surface area contributed by atoms with Crippen LogP contribution in [0.25, 0.3) is 10.9 Å². The molecule has 0 radical (unpaired) electrons. The highest BCUT2D eigenvalue weighted by Crippen LogP contribution is 2.39. The number of aromatic nitrogens is 1. The Morgan fingerprint density at radius 1 is 1.35 bits per heavy atom. The molecule has 0 amide bonds. The first kappa shape index (κ1) is 10.8. The zero-order chi connectivity index (χ0) is 11.8. The Kier molecular flexibility index (Phi) is 2.65. The molecule has 0 saturated heterocycles. The molecule has 3 rings (SSSR count). The van der Waals surface area contributed by atoms with E-state index in [0.29, 0.717) is 18.0 Å². The minimum Gasteiger partial charge on any atom is -0.361 e. The number of nitrogens with two attached hydrogens (primary N) is 1. The Morgan fingerprint density at radius 2 is 2.12 bits per heavy atom. The second kappa shape index (κ2) is 4.17. The molecule has 2 aromatic rings. The number of H-pyrrole nitrogens is 1. The van der Waals surface area contributed by atoms with Crippen molar-refractivity contribution in [3.8, 4) is 0 Å². The van der Waals surface area contributed by atoms with Crippen LogP contribution in [0, 0.1) is 5.92 Å². The molecule has 17 heavy (non-hydrogen) atoms. The van der Waals surface area contributed by atoms with E-state index in [1.165, 1.54) is 16.5 Å². The van der Waals surface area contributed by atoms with E-state index in [9.17, 15) is 0 Å². The standard InChI is InChI=1S/C14H19N3/c1-16-14(9-6-10(15)7-9)12-8-17-13-5-3-2-4-11(12)13/h2-5,8-10,14,16-17H,6-7,15H2,1H3. The predicted octanol–water partition coefficient (Wildman–Crippen LogP) is 2.17. The molecule has 4 N–H and O–H groups in total. The van der Waals surface area contributed by atoms with Gasteiger partial charge in [-0.25, -0.2) is 0 Å². The highest BCUT2D eigenvalue weighted by molar-refractivity contribution is 5.83. The third kappa shape index (κ3) is 1.75. The first-order valence-corrected chi connectivity index (χ1v) is 6.28. The van der Waals surface area contributed by atoms with Gasteiger partial charge in [0.25, 0.3) is 0 Å². The van der Waals surface area contributed by atoms with Crippen LogP contribution < -0.4 is 11.1 Å². The monoisotopic (exact) mass is 229 g/mol. The Balaban J connectivity index is 1.96. The summed E-state index contributed by atoms with van der Waals surface area (Å²) in [6.45, 7) is 0. The lowest BCUT2D eigenvalue weighted by Gasteiger charge is -2.38. The average Bonchev–Trinajstić information content (AvgIpc) is 2.72. The smallest absolute Gasteiger partial charge is 0.0457 e. The third-order valence-corrected chi connectivity index (χ3v) is 3.95. The molecule has 0 aliphatic heterocycles. The zero-order valence-electron chi connectivity index (χ0n) is 10.1. The summed E-state index contributed by atoms with van der Waals surface area (Å²) in [6.07, 6.45) is 4.39. The van der Waals surface area contributed by atoms with Gasteiger partial charge >= 0.3 is 0 Å². The second-order valence-electron chi connectivity index (χ2n) is 5.05. The van der Waals surface area contributed by atoms with E-state index < -0.39 is 0 Å². The van der Waals surface area contributed by atoms with Crippen molar-refractivity contribution in [3.05, 3.63) is 36.0 Å². The minimum atomic E-state index is 0.404. The van der Waals surface area contributed by atoms with Crippen LogP contribution in [0.4, 0.5) is 0 Å². The fourth-order valence-electron chi connectivity index (χ4n) is 2.98. The van der Waals surface area contributed by atoms with Gasteiger partial charge in [0, 0.05) is 29.2 Å². The molecule has 1 heterocycles. The molecule has 1 unspecified atom stereocenters. The van der Waals surface area contributed by atoms with Crippen LogP contribution in [0.2, 0.25) is 0 Å². The summed E-state index contributed by atoms with van der Waals surface area (Å²) < 4.78 is 0. The van der Waals surface area contributed by atoms with Gasteiger partial charge in [-0.1, -0.05) is 18.2 Å². The molecule has 0 bridgehead atoms. The number of para-hydroxylation sites is 1. The number of fused-ring (bicyclic) bond motifs is 1. The van der Waals surface area contributed by atoms with Crippen LogP contribution in [-0.2, 0) is 0 Å². The number of hydrogen-bond donors (Lipinski definition) is 3. The van der Waals surface area contributed by atoms with E-state index in [1.807, 2.05) is 7.05 Å². The van der Waals surface area contributed by atoms with Crippen LogP contribution in [0.1, 0.15) is 24.4 Å². The molecule has 1 atom stereocenters. The summed E-state index contributed by atoms with van der Waals surface area (Å²) in [4.78, 5) is 3.35. The van der Waals surface area contributed by atoms with E-state index in [1.54, 1.807) is 0 Å². The van der Waals surface area contributed by atoms with Gasteiger partial charge in [-0.15, -0.1) is 0 Å². The van der Waals surface area contributed by atoms with Crippen molar-refractivity contribution in [2.24, 2.45) is 11.7 Å². The number of aromatic amines is 1. The highest BCUT2D eigenvalue weighted by Gasteiger charge is 2.33. The normalized spacial score (nSPS) is 25.8. The van der Waals surface area contributed by atoms with Gasteiger partial charge in [0.2, 0.25) is 0 Å². The van der Waals surface area contributed by atoms with Gasteiger partial charge in [-0.2, -0.15) is 0 Å². The van der Waals surface area contributed by atoms with Gasteiger partial charge in [-0.05, 0) is 37.4 Å². The Hall–Kier alpha value is -1.32. The SMILES string of the molecule is CNC(c1c[nH]c2ccccc12)C1CC(N)C1. The first-order chi connectivity index (χ1) is 8.29. The lowest BCUT2D eigenvalue weighted by molar-refractivity contribution is 0.205. The van der Waals surface area contributed by atoms with E-state index in [0.717, 1.165) is 12.8 Å². The second-order valence-corrected chi connectivity index (χ2v) is 5.05. The van der Waals surface area contributed by atoms with Crippen LogP contribution in [0.5, 0.6) is 0 Å². The van der Waals surface area contributed by atoms with Crippen molar-refractivity contribution in [1.82, 2.24) is 10.3 Å². The van der Waals surface area contributed by atoms with Crippen LogP contribution >= 0.6 is 0 Å². The van der Waals surface area contributed by atoms with Crippen molar-refractivity contribution in [2.45, 2.75) is 24.9 Å². The molecule has 90 valence electrons. The fourth-order valence-corrected chi connectivity index (χ4v) is 2.98. The maximum absolute atomic E-state index is 5.89. The summed E-state index contributed by atoms with van der Waals surface area (Å²) in [5.74, 6) is 0.675. The summed E-state index contributed by atoms with van der Waals surface area (Å²) in [6, 6.07) is 9.30. The highest BCUT2D eigenvalue weighted by atomic mass is 14.9. The van der Waals surface area contributed by atoms with E-state index in [-0.39, 0.29) is 0 Å². The van der Waals surface area contributed by atoms with E-state index >= 15 is 0 Å². The van der Waals surface area contributed by atoms with Gasteiger partial charge in [0.1, 0.15) is 0 Å². The van der Waals surface area contributed by atoms with E-state index in [2.05, 4.69) is 40.8 Å². The molecule has 1 aliphatic rings. The molecule has 1 saturated carbocycles. The maximum Gasteiger partial charge on any atom is 0.0457 e. The van der Waals surface area contributed by atoms with Gasteiger partial charge in [-0.3, -0.25) is 0 Å². The van der Waals surface area contributed by atoms with Gasteiger partial charge in [0.05, 0.1) is 0 Å². The summed E-state index contributed by atoms with van der Waals surface area (Å²) in [5.41, 5.74) is 8.48. The largest absolute Gasteiger partial charge is 0.361 e. The lowest BCUT2D eigenvalue weighted by atomic mass is 9.74. The lowest BCUT2D eigenvalue weighted by Crippen LogP contribution is -2.42. The van der Waals surface area contributed by atoms with Gasteiger partial charge in [0.15, 0.2) is 0 Å². The predicted molar refractivity (Wildman–Crippen MR) is 70.8 cm³/mol. The molecule has 1 fully saturated rings. The van der Waals surface area contributed by atoms with E-state index in [4.69, 9.17) is 5.73 Å². The quantitative estimate of drug-likeness (QED) is 0.755. The fraction of sp³-hybridized carbons (Fsp3) is 0.429. The summed E-state index contributed by atoms with van der Waals surface area (Å²) >= 11 is 0. The van der Waals surface area contributed by atoms with Crippen LogP contribution in [0.15, 0.2) is 30.5 Å². The van der Waals surface area contributed by atoms with Crippen molar-refractivity contribution >= 4 is 10.9 Å². The van der Waals surface area contributed by atoms with Crippen LogP contribution in [-0.4, -0.2) is 18.1 Å². The molecule has 1 aromatic heterocycles.